The number of carbonyl (C=O) groups is 1. The molecule has 4 N–H and O–H groups in total. The van der Waals surface area contributed by atoms with Gasteiger partial charge in [-0.3, -0.25) is 24.4 Å². The first-order chi connectivity index (χ1) is 16.0. The smallest absolute Gasteiger partial charge is 0.410 e. The number of amides is 1. The number of hydrogen-bond acceptors (Lipinski definition) is 6. The molecule has 1 aliphatic carbocycles. The summed E-state index contributed by atoms with van der Waals surface area (Å²) in [7, 11) is -3.39. The zero-order valence-corrected chi connectivity index (χ0v) is 18.9. The topological polar surface area (TPSA) is 139 Å². The van der Waals surface area contributed by atoms with E-state index in [1.807, 2.05) is 6.07 Å². The first-order valence-electron chi connectivity index (χ1n) is 10.4. The van der Waals surface area contributed by atoms with E-state index >= 15 is 0 Å². The van der Waals surface area contributed by atoms with Crippen molar-refractivity contribution in [3.63, 3.8) is 0 Å². The van der Waals surface area contributed by atoms with Gasteiger partial charge in [0.1, 0.15) is 33.8 Å². The highest BCUT2D eigenvalue weighted by Crippen LogP contribution is 2.67. The quantitative estimate of drug-likeness (QED) is 0.472. The molecule has 1 aromatic carbocycles. The van der Waals surface area contributed by atoms with E-state index in [1.54, 1.807) is 0 Å². The highest BCUT2D eigenvalue weighted by Gasteiger charge is 2.58. The Hall–Kier alpha value is -3.33. The molecule has 1 fully saturated rings. The van der Waals surface area contributed by atoms with Gasteiger partial charge in [-0.1, -0.05) is 6.07 Å². The van der Waals surface area contributed by atoms with E-state index < -0.39 is 38.6 Å². The molecular weight excluding hydrogens is 466 g/mol. The standard InChI is InChI=1S/C23H22F2N4O4S/c1-22(13-34(32,33)23(7-2-8-23)20(29-22)28-21(30)31)16-9-14(3-5-17(16)24)10-18(25)19-6-4-15(11-26)12-27-19/h3-6,9-10,12,32-33H,2,7-8,13H2,1H3,(H,28,29)(H,30,31). The summed E-state index contributed by atoms with van der Waals surface area (Å²) in [6.45, 7) is 1.49. The van der Waals surface area contributed by atoms with Crippen molar-refractivity contribution in [1.29, 1.82) is 5.26 Å². The number of nitrogens with one attached hydrogen (secondary N) is 1. The Morgan fingerprint density at radius 2 is 2.03 bits per heavy atom. The zero-order chi connectivity index (χ0) is 24.7. The maximum atomic E-state index is 15.0. The van der Waals surface area contributed by atoms with Gasteiger partial charge in [0.15, 0.2) is 0 Å². The average Bonchev–Trinajstić information content (AvgIpc) is 2.72. The van der Waals surface area contributed by atoms with Crippen LogP contribution >= 0.6 is 10.6 Å². The monoisotopic (exact) mass is 488 g/mol. The first kappa shape index (κ1) is 23.8. The minimum absolute atomic E-state index is 0.0131. The highest BCUT2D eigenvalue weighted by atomic mass is 32.3. The van der Waals surface area contributed by atoms with Crippen LogP contribution in [-0.4, -0.2) is 41.6 Å². The van der Waals surface area contributed by atoms with Crippen molar-refractivity contribution in [2.45, 2.75) is 36.5 Å². The zero-order valence-electron chi connectivity index (χ0n) is 18.1. The predicted octanol–water partition coefficient (Wildman–Crippen LogP) is 5.13. The summed E-state index contributed by atoms with van der Waals surface area (Å²) >= 11 is 0. The van der Waals surface area contributed by atoms with Crippen LogP contribution in [0.5, 0.6) is 0 Å². The maximum Gasteiger partial charge on any atom is 0.410 e. The van der Waals surface area contributed by atoms with Gasteiger partial charge in [0.2, 0.25) is 0 Å². The molecule has 1 aromatic heterocycles. The van der Waals surface area contributed by atoms with Crippen LogP contribution in [0.15, 0.2) is 41.5 Å². The molecule has 11 heteroatoms. The van der Waals surface area contributed by atoms with Crippen LogP contribution in [0.1, 0.15) is 48.6 Å². The number of halogens is 2. The van der Waals surface area contributed by atoms with Crippen molar-refractivity contribution in [1.82, 2.24) is 10.3 Å². The van der Waals surface area contributed by atoms with Crippen molar-refractivity contribution in [3.05, 3.63) is 64.7 Å². The summed E-state index contributed by atoms with van der Waals surface area (Å²) < 4.78 is 50.6. The van der Waals surface area contributed by atoms with Crippen molar-refractivity contribution >= 4 is 34.4 Å². The fraction of sp³-hybridized carbons (Fsp3) is 0.304. The Bertz CT molecular complexity index is 1250. The van der Waals surface area contributed by atoms with Crippen LogP contribution in [0, 0.1) is 17.1 Å². The number of aliphatic imine (C=N–C) groups is 1. The molecule has 8 nitrogen and oxygen atoms in total. The normalized spacial score (nSPS) is 23.9. The lowest BCUT2D eigenvalue weighted by atomic mass is 9.81. The second kappa shape index (κ2) is 8.47. The molecule has 1 atom stereocenters. The Kier molecular flexibility index (Phi) is 5.93. The minimum atomic E-state index is -3.39. The van der Waals surface area contributed by atoms with Gasteiger partial charge in [-0.05, 0) is 62.1 Å². The van der Waals surface area contributed by atoms with E-state index in [0.717, 1.165) is 12.1 Å². The average molecular weight is 489 g/mol. The van der Waals surface area contributed by atoms with Gasteiger partial charge in [0.05, 0.1) is 17.0 Å². The van der Waals surface area contributed by atoms with E-state index in [4.69, 9.17) is 5.26 Å². The van der Waals surface area contributed by atoms with Crippen molar-refractivity contribution in [2.24, 2.45) is 4.99 Å². The van der Waals surface area contributed by atoms with E-state index in [0.29, 0.717) is 19.3 Å². The fourth-order valence-electron chi connectivity index (χ4n) is 4.38. The summed E-state index contributed by atoms with van der Waals surface area (Å²) in [5, 5.41) is 20.3. The third-order valence-corrected chi connectivity index (χ3v) is 9.10. The number of rotatable bonds is 3. The fourth-order valence-corrected chi connectivity index (χ4v) is 7.00. The Morgan fingerprint density at radius 1 is 1.29 bits per heavy atom. The van der Waals surface area contributed by atoms with Crippen LogP contribution in [0.25, 0.3) is 11.9 Å². The molecule has 1 aliphatic heterocycles. The second-order valence-electron chi connectivity index (χ2n) is 8.60. The highest BCUT2D eigenvalue weighted by molar-refractivity contribution is 8.26. The molecule has 4 rings (SSSR count). The van der Waals surface area contributed by atoms with Gasteiger partial charge < -0.3 is 5.11 Å². The molecule has 1 spiro atoms. The number of nitriles is 1. The molecule has 2 heterocycles. The lowest BCUT2D eigenvalue weighted by Gasteiger charge is -2.60. The summed E-state index contributed by atoms with van der Waals surface area (Å²) in [6.07, 6.45) is 2.36. The Labute approximate surface area is 196 Å². The van der Waals surface area contributed by atoms with Crippen LogP contribution in [0.2, 0.25) is 0 Å². The molecule has 34 heavy (non-hydrogen) atoms. The molecule has 178 valence electrons. The molecule has 0 bridgehead atoms. The first-order valence-corrected chi connectivity index (χ1v) is 12.1. The summed E-state index contributed by atoms with van der Waals surface area (Å²) in [5.74, 6) is -1.80. The van der Waals surface area contributed by atoms with Crippen LogP contribution in [0.4, 0.5) is 13.6 Å². The molecule has 1 unspecified atom stereocenters. The Morgan fingerprint density at radius 3 is 2.59 bits per heavy atom. The molecular formula is C23H22F2N4O4S. The van der Waals surface area contributed by atoms with Crippen molar-refractivity contribution < 1.29 is 27.8 Å². The lowest BCUT2D eigenvalue weighted by Crippen LogP contribution is -2.61. The van der Waals surface area contributed by atoms with E-state index in [-0.39, 0.29) is 34.0 Å². The lowest BCUT2D eigenvalue weighted by molar-refractivity contribution is 0.199. The van der Waals surface area contributed by atoms with Crippen LogP contribution < -0.4 is 5.32 Å². The molecule has 0 saturated heterocycles. The number of nitrogens with zero attached hydrogens (tertiary/aromatic N) is 3. The second-order valence-corrected chi connectivity index (χ2v) is 11.0. The number of carboxylic acid groups (broad SMARTS) is 1. The summed E-state index contributed by atoms with van der Waals surface area (Å²) in [4.78, 5) is 19.7. The van der Waals surface area contributed by atoms with Gasteiger partial charge in [-0.25, -0.2) is 13.6 Å². The van der Waals surface area contributed by atoms with Gasteiger partial charge in [-0.2, -0.15) is 15.9 Å². The minimum Gasteiger partial charge on any atom is -0.465 e. The summed E-state index contributed by atoms with van der Waals surface area (Å²) in [5.41, 5.74) is -1.00. The number of benzene rings is 1. The largest absolute Gasteiger partial charge is 0.465 e. The SMILES string of the molecule is CC1(c2cc(C=C(F)c3ccc(C#N)cn3)ccc2F)CS(O)(O)C2(CCC2)C(NC(=O)O)=N1. The molecule has 2 aliphatic rings. The number of hydrogen-bond donors (Lipinski definition) is 4. The Balaban J connectivity index is 1.76. The number of amidine groups is 1. The third-order valence-electron chi connectivity index (χ3n) is 6.29. The third kappa shape index (κ3) is 4.04. The summed E-state index contributed by atoms with van der Waals surface area (Å²) in [6, 6.07) is 8.46. The van der Waals surface area contributed by atoms with E-state index in [1.165, 1.54) is 37.4 Å². The van der Waals surface area contributed by atoms with Gasteiger partial charge in [0, 0.05) is 11.8 Å². The predicted molar refractivity (Wildman–Crippen MR) is 125 cm³/mol. The molecule has 1 saturated carbocycles. The van der Waals surface area contributed by atoms with Crippen LogP contribution in [0.3, 0.4) is 0 Å². The van der Waals surface area contributed by atoms with Gasteiger partial charge in [-0.15, -0.1) is 0 Å². The van der Waals surface area contributed by atoms with Crippen LogP contribution in [-0.2, 0) is 5.54 Å². The van der Waals surface area contributed by atoms with Crippen molar-refractivity contribution in [2.75, 3.05) is 5.75 Å². The number of aromatic nitrogens is 1. The van der Waals surface area contributed by atoms with E-state index in [9.17, 15) is 27.8 Å². The maximum absolute atomic E-state index is 15.0. The van der Waals surface area contributed by atoms with E-state index in [2.05, 4.69) is 15.3 Å². The number of pyridine rings is 1. The van der Waals surface area contributed by atoms with Crippen molar-refractivity contribution in [3.8, 4) is 6.07 Å². The molecule has 1 amide bonds. The van der Waals surface area contributed by atoms with Gasteiger partial charge >= 0.3 is 6.09 Å². The molecule has 0 radical (unpaired) electrons. The molecule has 2 aromatic rings. The van der Waals surface area contributed by atoms with Gasteiger partial charge in [0.25, 0.3) is 0 Å².